The molecule has 0 radical (unpaired) electrons. The fraction of sp³-hybridized carbons (Fsp3) is 0.348. The molecule has 1 aliphatic heterocycles. The third kappa shape index (κ3) is 4.96. The Morgan fingerprint density at radius 1 is 1.03 bits per heavy atom. The van der Waals surface area contributed by atoms with Crippen LogP contribution in [-0.2, 0) is 14.1 Å². The molecule has 3 rings (SSSR count). The molecule has 1 aliphatic rings. The largest absolute Gasteiger partial charge is 0.494 e. The second-order valence-corrected chi connectivity index (χ2v) is 8.25. The summed E-state index contributed by atoms with van der Waals surface area (Å²) >= 11 is 0. The maximum atomic E-state index is 11.5. The van der Waals surface area contributed by atoms with Crippen LogP contribution in [0.1, 0.15) is 44.9 Å². The molecule has 152 valence electrons. The summed E-state index contributed by atoms with van der Waals surface area (Å²) < 4.78 is 12.1. The van der Waals surface area contributed by atoms with E-state index in [0.717, 1.165) is 16.6 Å². The summed E-state index contributed by atoms with van der Waals surface area (Å²) in [5.74, 6) is -0.892. The first-order valence-corrected chi connectivity index (χ1v) is 9.83. The van der Waals surface area contributed by atoms with Crippen LogP contribution in [0.3, 0.4) is 0 Å². The summed E-state index contributed by atoms with van der Waals surface area (Å²) in [7, 11) is -0.373. The topological polar surface area (TPSA) is 67.8 Å². The van der Waals surface area contributed by atoms with Crippen molar-refractivity contribution in [3.05, 3.63) is 71.8 Å². The fourth-order valence-corrected chi connectivity index (χ4v) is 3.12. The van der Waals surface area contributed by atoms with Gasteiger partial charge in [0.25, 0.3) is 0 Å². The maximum Gasteiger partial charge on any atom is 0.494 e. The summed E-state index contributed by atoms with van der Waals surface area (Å²) in [6.07, 6.45) is 3.88. The van der Waals surface area contributed by atoms with Gasteiger partial charge in [-0.1, -0.05) is 66.7 Å². The standard InChI is InChI=1S/C23H28BNO4/c1-22(2)23(3,4)29-24(28-22)19-14-12-17(13-15-19)9-8-16-25-20(21(26)27)18-10-6-5-7-11-18/h5-15,20,25H,16H2,1-4H3,(H,26,27)/b9-8+/t20-/m0/s1. The Balaban J connectivity index is 1.57. The van der Waals surface area contributed by atoms with E-state index < -0.39 is 12.0 Å². The van der Waals surface area contributed by atoms with Crippen LogP contribution in [0.25, 0.3) is 6.08 Å². The van der Waals surface area contributed by atoms with Gasteiger partial charge in [-0.25, -0.2) is 0 Å². The van der Waals surface area contributed by atoms with Crippen LogP contribution in [0.15, 0.2) is 60.7 Å². The van der Waals surface area contributed by atoms with Gasteiger partial charge in [-0.05, 0) is 44.3 Å². The highest BCUT2D eigenvalue weighted by Gasteiger charge is 2.51. The molecular weight excluding hydrogens is 365 g/mol. The Hall–Kier alpha value is -2.41. The molecule has 2 N–H and O–H groups in total. The van der Waals surface area contributed by atoms with Crippen LogP contribution >= 0.6 is 0 Å². The smallest absolute Gasteiger partial charge is 0.480 e. The summed E-state index contributed by atoms with van der Waals surface area (Å²) in [5, 5.41) is 12.5. The van der Waals surface area contributed by atoms with Crippen LogP contribution < -0.4 is 10.8 Å². The second-order valence-electron chi connectivity index (χ2n) is 8.25. The lowest BCUT2D eigenvalue weighted by Gasteiger charge is -2.32. The molecule has 0 unspecified atom stereocenters. The molecule has 6 heteroatoms. The molecule has 0 spiro atoms. The highest BCUT2D eigenvalue weighted by atomic mass is 16.7. The molecule has 29 heavy (non-hydrogen) atoms. The minimum absolute atomic E-state index is 0.360. The third-order valence-electron chi connectivity index (χ3n) is 5.59. The predicted molar refractivity (Wildman–Crippen MR) is 116 cm³/mol. The average molecular weight is 393 g/mol. The monoisotopic (exact) mass is 393 g/mol. The van der Waals surface area contributed by atoms with E-state index in [4.69, 9.17) is 9.31 Å². The van der Waals surface area contributed by atoms with Gasteiger partial charge in [-0.3, -0.25) is 10.1 Å². The number of hydrogen-bond donors (Lipinski definition) is 2. The summed E-state index contributed by atoms with van der Waals surface area (Å²) in [6, 6.07) is 16.4. The molecule has 0 bridgehead atoms. The number of carboxylic acids is 1. The van der Waals surface area contributed by atoms with E-state index in [1.165, 1.54) is 0 Å². The van der Waals surface area contributed by atoms with Gasteiger partial charge in [0.15, 0.2) is 0 Å². The van der Waals surface area contributed by atoms with E-state index in [1.807, 2.05) is 94.4 Å². The Labute approximate surface area is 172 Å². The van der Waals surface area contributed by atoms with Crippen molar-refractivity contribution in [1.29, 1.82) is 0 Å². The lowest BCUT2D eigenvalue weighted by Crippen LogP contribution is -2.41. The maximum absolute atomic E-state index is 11.5. The SMILES string of the molecule is CC1(C)OB(c2ccc(/C=C/CN[C@H](C(=O)O)c3ccccc3)cc2)OC1(C)C. The number of aliphatic carboxylic acids is 1. The Kier molecular flexibility index (Phi) is 6.27. The Morgan fingerprint density at radius 3 is 2.17 bits per heavy atom. The molecule has 0 saturated carbocycles. The molecule has 1 heterocycles. The minimum atomic E-state index is -0.892. The van der Waals surface area contributed by atoms with Crippen molar-refractivity contribution in [2.75, 3.05) is 6.54 Å². The third-order valence-corrected chi connectivity index (χ3v) is 5.59. The van der Waals surface area contributed by atoms with Gasteiger partial charge < -0.3 is 14.4 Å². The van der Waals surface area contributed by atoms with Gasteiger partial charge in [0.05, 0.1) is 11.2 Å². The van der Waals surface area contributed by atoms with Gasteiger partial charge >= 0.3 is 13.1 Å². The van der Waals surface area contributed by atoms with Crippen molar-refractivity contribution >= 4 is 24.6 Å². The van der Waals surface area contributed by atoms with Crippen LogP contribution in [0.5, 0.6) is 0 Å². The molecular formula is C23H28BNO4. The number of benzene rings is 2. The van der Waals surface area contributed by atoms with Crippen molar-refractivity contribution in [3.8, 4) is 0 Å². The highest BCUT2D eigenvalue weighted by molar-refractivity contribution is 6.62. The first kappa shape index (κ1) is 21.3. The molecule has 0 aliphatic carbocycles. The number of carboxylic acid groups (broad SMARTS) is 1. The van der Waals surface area contributed by atoms with Gasteiger partial charge in [0.1, 0.15) is 6.04 Å². The van der Waals surface area contributed by atoms with E-state index in [0.29, 0.717) is 6.54 Å². The van der Waals surface area contributed by atoms with E-state index >= 15 is 0 Å². The zero-order valence-corrected chi connectivity index (χ0v) is 17.4. The van der Waals surface area contributed by atoms with Crippen molar-refractivity contribution in [2.24, 2.45) is 0 Å². The van der Waals surface area contributed by atoms with Crippen molar-refractivity contribution in [1.82, 2.24) is 5.32 Å². The minimum Gasteiger partial charge on any atom is -0.480 e. The molecule has 1 saturated heterocycles. The van der Waals surface area contributed by atoms with E-state index in [2.05, 4.69) is 5.32 Å². The van der Waals surface area contributed by atoms with Crippen LogP contribution in [-0.4, -0.2) is 35.9 Å². The zero-order chi connectivity index (χ0) is 21.1. The zero-order valence-electron chi connectivity index (χ0n) is 17.4. The Morgan fingerprint density at radius 2 is 1.62 bits per heavy atom. The fourth-order valence-electron chi connectivity index (χ4n) is 3.12. The molecule has 1 fully saturated rings. The number of hydrogen-bond acceptors (Lipinski definition) is 4. The van der Waals surface area contributed by atoms with Crippen LogP contribution in [0.4, 0.5) is 0 Å². The molecule has 2 aromatic carbocycles. The predicted octanol–water partition coefficient (Wildman–Crippen LogP) is 3.41. The van der Waals surface area contributed by atoms with Crippen molar-refractivity contribution in [2.45, 2.75) is 44.9 Å². The summed E-state index contributed by atoms with van der Waals surface area (Å²) in [4.78, 5) is 11.5. The highest BCUT2D eigenvalue weighted by Crippen LogP contribution is 2.36. The van der Waals surface area contributed by atoms with E-state index in [-0.39, 0.29) is 18.3 Å². The molecule has 0 amide bonds. The number of nitrogens with one attached hydrogen (secondary N) is 1. The first-order chi connectivity index (χ1) is 13.7. The quantitative estimate of drug-likeness (QED) is 0.706. The lowest BCUT2D eigenvalue weighted by atomic mass is 9.79. The van der Waals surface area contributed by atoms with Crippen molar-refractivity contribution < 1.29 is 19.2 Å². The molecule has 2 aromatic rings. The van der Waals surface area contributed by atoms with Gasteiger partial charge in [0.2, 0.25) is 0 Å². The Bertz CT molecular complexity index is 846. The van der Waals surface area contributed by atoms with Gasteiger partial charge in [0, 0.05) is 6.54 Å². The molecule has 0 aromatic heterocycles. The van der Waals surface area contributed by atoms with E-state index in [1.54, 1.807) is 0 Å². The summed E-state index contributed by atoms with van der Waals surface area (Å²) in [6.45, 7) is 8.60. The normalized spacial score (nSPS) is 18.8. The van der Waals surface area contributed by atoms with Gasteiger partial charge in [-0.15, -0.1) is 0 Å². The molecule has 5 nitrogen and oxygen atoms in total. The van der Waals surface area contributed by atoms with Crippen molar-refractivity contribution in [3.63, 3.8) is 0 Å². The lowest BCUT2D eigenvalue weighted by molar-refractivity contribution is -0.139. The number of carbonyl (C=O) groups is 1. The second kappa shape index (κ2) is 8.53. The number of rotatable bonds is 7. The van der Waals surface area contributed by atoms with Gasteiger partial charge in [-0.2, -0.15) is 0 Å². The van der Waals surface area contributed by atoms with E-state index in [9.17, 15) is 9.90 Å². The van der Waals surface area contributed by atoms with Crippen LogP contribution in [0.2, 0.25) is 0 Å². The van der Waals surface area contributed by atoms with Crippen LogP contribution in [0, 0.1) is 0 Å². The first-order valence-electron chi connectivity index (χ1n) is 9.83. The molecule has 1 atom stereocenters. The average Bonchev–Trinajstić information content (AvgIpc) is 2.90. The summed E-state index contributed by atoms with van der Waals surface area (Å²) in [5.41, 5.74) is 2.02.